The highest BCUT2D eigenvalue weighted by atomic mass is 16.5. The highest BCUT2D eigenvalue weighted by molar-refractivity contribution is 5.77. The fourth-order valence-corrected chi connectivity index (χ4v) is 1.57. The van der Waals surface area contributed by atoms with E-state index in [0.29, 0.717) is 31.6 Å². The molecule has 0 radical (unpaired) electrons. The molecule has 0 spiro atoms. The molecule has 0 aliphatic carbocycles. The maximum absolute atomic E-state index is 5.73. The Hall–Kier alpha value is -1.55. The van der Waals surface area contributed by atoms with E-state index in [1.807, 2.05) is 18.2 Å². The van der Waals surface area contributed by atoms with Crippen LogP contribution in [-0.2, 0) is 11.3 Å². The second-order valence-electron chi connectivity index (χ2n) is 4.76. The van der Waals surface area contributed by atoms with Gasteiger partial charge in [0.2, 0.25) is 0 Å². The molecule has 106 valence electrons. The van der Waals surface area contributed by atoms with Gasteiger partial charge in [-0.25, -0.2) is 0 Å². The number of benzene rings is 1. The SMILES string of the molecule is CCCNC(N)=NCC(C)COCc1ccccc1. The summed E-state index contributed by atoms with van der Waals surface area (Å²) in [7, 11) is 0. The smallest absolute Gasteiger partial charge is 0.188 e. The van der Waals surface area contributed by atoms with Crippen LogP contribution in [0.1, 0.15) is 25.8 Å². The Morgan fingerprint density at radius 2 is 2.11 bits per heavy atom. The second-order valence-corrected chi connectivity index (χ2v) is 4.76. The van der Waals surface area contributed by atoms with Crippen molar-refractivity contribution in [1.29, 1.82) is 0 Å². The van der Waals surface area contributed by atoms with E-state index in [9.17, 15) is 0 Å². The lowest BCUT2D eigenvalue weighted by Crippen LogP contribution is -2.32. The van der Waals surface area contributed by atoms with Crippen LogP contribution in [0, 0.1) is 5.92 Å². The number of aliphatic imine (C=N–C) groups is 1. The van der Waals surface area contributed by atoms with Gasteiger partial charge in [-0.05, 0) is 17.9 Å². The van der Waals surface area contributed by atoms with E-state index in [0.717, 1.165) is 13.0 Å². The molecule has 3 N–H and O–H groups in total. The summed E-state index contributed by atoms with van der Waals surface area (Å²) in [6, 6.07) is 10.2. The summed E-state index contributed by atoms with van der Waals surface area (Å²) >= 11 is 0. The molecule has 0 bridgehead atoms. The van der Waals surface area contributed by atoms with E-state index in [2.05, 4.69) is 36.3 Å². The average molecular weight is 263 g/mol. The van der Waals surface area contributed by atoms with Crippen LogP contribution in [0.5, 0.6) is 0 Å². The number of rotatable bonds is 8. The number of guanidine groups is 1. The van der Waals surface area contributed by atoms with Crippen molar-refractivity contribution in [3.05, 3.63) is 35.9 Å². The van der Waals surface area contributed by atoms with Gasteiger partial charge in [0.1, 0.15) is 0 Å². The van der Waals surface area contributed by atoms with E-state index in [1.54, 1.807) is 0 Å². The van der Waals surface area contributed by atoms with E-state index in [4.69, 9.17) is 10.5 Å². The Kier molecular flexibility index (Phi) is 7.66. The monoisotopic (exact) mass is 263 g/mol. The van der Waals surface area contributed by atoms with Crippen molar-refractivity contribution in [2.24, 2.45) is 16.6 Å². The lowest BCUT2D eigenvalue weighted by molar-refractivity contribution is 0.0945. The fraction of sp³-hybridized carbons (Fsp3) is 0.533. The van der Waals surface area contributed by atoms with Gasteiger partial charge < -0.3 is 15.8 Å². The minimum absolute atomic E-state index is 0.366. The first-order valence-electron chi connectivity index (χ1n) is 6.87. The Morgan fingerprint density at radius 3 is 2.79 bits per heavy atom. The maximum atomic E-state index is 5.73. The number of nitrogens with zero attached hydrogens (tertiary/aromatic N) is 1. The molecule has 1 aromatic carbocycles. The van der Waals surface area contributed by atoms with Crippen LogP contribution in [-0.4, -0.2) is 25.7 Å². The molecule has 0 amide bonds. The van der Waals surface area contributed by atoms with Gasteiger partial charge in [0.05, 0.1) is 13.2 Å². The molecule has 0 heterocycles. The first-order chi connectivity index (χ1) is 9.22. The van der Waals surface area contributed by atoms with Crippen LogP contribution < -0.4 is 11.1 Å². The standard InChI is InChI=1S/C15H25N3O/c1-3-9-17-15(16)18-10-13(2)11-19-12-14-7-5-4-6-8-14/h4-8,13H,3,9-12H2,1-2H3,(H3,16,17,18). The first-order valence-corrected chi connectivity index (χ1v) is 6.87. The molecule has 0 saturated carbocycles. The van der Waals surface area contributed by atoms with Crippen LogP contribution >= 0.6 is 0 Å². The molecule has 0 aliphatic rings. The molecular formula is C15H25N3O. The molecule has 1 rings (SSSR count). The van der Waals surface area contributed by atoms with Crippen molar-refractivity contribution < 1.29 is 4.74 Å². The summed E-state index contributed by atoms with van der Waals surface area (Å²) in [5.41, 5.74) is 6.92. The molecule has 1 atom stereocenters. The van der Waals surface area contributed by atoms with E-state index < -0.39 is 0 Å². The van der Waals surface area contributed by atoms with E-state index in [-0.39, 0.29) is 0 Å². The average Bonchev–Trinajstić information content (AvgIpc) is 2.44. The molecule has 4 heteroatoms. The maximum Gasteiger partial charge on any atom is 0.188 e. The van der Waals surface area contributed by atoms with Crippen LogP contribution in [0.15, 0.2) is 35.3 Å². The van der Waals surface area contributed by atoms with Crippen LogP contribution in [0.4, 0.5) is 0 Å². The first kappa shape index (κ1) is 15.5. The highest BCUT2D eigenvalue weighted by Crippen LogP contribution is 2.03. The number of nitrogens with two attached hydrogens (primary N) is 1. The summed E-state index contributed by atoms with van der Waals surface area (Å²) in [5.74, 6) is 0.891. The molecule has 0 fully saturated rings. The quantitative estimate of drug-likeness (QED) is 0.558. The summed E-state index contributed by atoms with van der Waals surface area (Å²) in [6.45, 7) is 7.12. The third-order valence-corrected chi connectivity index (χ3v) is 2.64. The molecular weight excluding hydrogens is 238 g/mol. The summed E-state index contributed by atoms with van der Waals surface area (Å²) in [4.78, 5) is 4.29. The molecule has 0 aromatic heterocycles. The molecule has 19 heavy (non-hydrogen) atoms. The largest absolute Gasteiger partial charge is 0.376 e. The van der Waals surface area contributed by atoms with Crippen LogP contribution in [0.25, 0.3) is 0 Å². The van der Waals surface area contributed by atoms with Crippen LogP contribution in [0.2, 0.25) is 0 Å². The zero-order valence-electron chi connectivity index (χ0n) is 11.9. The molecule has 4 nitrogen and oxygen atoms in total. The molecule has 0 aliphatic heterocycles. The van der Waals surface area contributed by atoms with E-state index >= 15 is 0 Å². The number of nitrogens with one attached hydrogen (secondary N) is 1. The van der Waals surface area contributed by atoms with Gasteiger partial charge in [0.25, 0.3) is 0 Å². The fourth-order valence-electron chi connectivity index (χ4n) is 1.57. The zero-order chi connectivity index (χ0) is 13.9. The van der Waals surface area contributed by atoms with Gasteiger partial charge in [-0.2, -0.15) is 0 Å². The van der Waals surface area contributed by atoms with Gasteiger partial charge in [0, 0.05) is 13.1 Å². The van der Waals surface area contributed by atoms with Crippen molar-refractivity contribution in [3.8, 4) is 0 Å². The van der Waals surface area contributed by atoms with Crippen molar-refractivity contribution in [2.45, 2.75) is 26.9 Å². The Labute approximate surface area is 116 Å². The van der Waals surface area contributed by atoms with Gasteiger partial charge in [-0.1, -0.05) is 44.2 Å². The lowest BCUT2D eigenvalue weighted by atomic mass is 10.2. The second kappa shape index (κ2) is 9.39. The molecule has 1 unspecified atom stereocenters. The Bertz CT molecular complexity index is 365. The van der Waals surface area contributed by atoms with E-state index in [1.165, 1.54) is 5.56 Å². The third kappa shape index (κ3) is 7.47. The van der Waals surface area contributed by atoms with Crippen molar-refractivity contribution in [3.63, 3.8) is 0 Å². The van der Waals surface area contributed by atoms with Crippen molar-refractivity contribution >= 4 is 5.96 Å². The predicted molar refractivity (Wildman–Crippen MR) is 80.0 cm³/mol. The number of ether oxygens (including phenoxy) is 1. The van der Waals surface area contributed by atoms with Gasteiger partial charge >= 0.3 is 0 Å². The van der Waals surface area contributed by atoms with Crippen molar-refractivity contribution in [2.75, 3.05) is 19.7 Å². The minimum atomic E-state index is 0.366. The molecule has 1 aromatic rings. The lowest BCUT2D eigenvalue weighted by Gasteiger charge is -2.10. The third-order valence-electron chi connectivity index (χ3n) is 2.64. The number of hydrogen-bond acceptors (Lipinski definition) is 2. The summed E-state index contributed by atoms with van der Waals surface area (Å²) < 4.78 is 5.66. The zero-order valence-corrected chi connectivity index (χ0v) is 11.9. The Morgan fingerprint density at radius 1 is 1.37 bits per heavy atom. The highest BCUT2D eigenvalue weighted by Gasteiger charge is 2.02. The molecule has 0 saturated heterocycles. The minimum Gasteiger partial charge on any atom is -0.376 e. The normalized spacial score (nSPS) is 13.3. The summed E-state index contributed by atoms with van der Waals surface area (Å²) in [6.07, 6.45) is 1.05. The van der Waals surface area contributed by atoms with Gasteiger partial charge in [0.15, 0.2) is 5.96 Å². The topological polar surface area (TPSA) is 59.6 Å². The Balaban J connectivity index is 2.15. The van der Waals surface area contributed by atoms with Crippen molar-refractivity contribution in [1.82, 2.24) is 5.32 Å². The summed E-state index contributed by atoms with van der Waals surface area (Å²) in [5, 5.41) is 3.06. The van der Waals surface area contributed by atoms with Gasteiger partial charge in [-0.15, -0.1) is 0 Å². The van der Waals surface area contributed by atoms with Crippen LogP contribution in [0.3, 0.4) is 0 Å². The predicted octanol–water partition coefficient (Wildman–Crippen LogP) is 2.15. The number of hydrogen-bond donors (Lipinski definition) is 2. The van der Waals surface area contributed by atoms with Gasteiger partial charge in [-0.3, -0.25) is 4.99 Å².